The number of fused-ring (bicyclic) bond motifs is 4. The van der Waals surface area contributed by atoms with Gasteiger partial charge in [0.15, 0.2) is 0 Å². The Morgan fingerprint density at radius 3 is 2.77 bits per heavy atom. The fourth-order valence-electron chi connectivity index (χ4n) is 6.83. The van der Waals surface area contributed by atoms with Gasteiger partial charge in [0.25, 0.3) is 5.91 Å². The van der Waals surface area contributed by atoms with Crippen molar-refractivity contribution in [1.82, 2.24) is 29.7 Å². The molecule has 8 heteroatoms. The van der Waals surface area contributed by atoms with E-state index in [0.29, 0.717) is 35.9 Å². The average Bonchev–Trinajstić information content (AvgIpc) is 3.67. The van der Waals surface area contributed by atoms with E-state index in [4.69, 9.17) is 0 Å². The molecule has 1 aromatic carbocycles. The molecular weight excluding hydrogens is 503 g/mol. The molecule has 3 aromatic heterocycles. The molecule has 40 heavy (non-hydrogen) atoms. The number of aromatic nitrogens is 4. The Kier molecular flexibility index (Phi) is 6.20. The van der Waals surface area contributed by atoms with Crippen molar-refractivity contribution < 1.29 is 9.18 Å². The number of hydrogen-bond acceptors (Lipinski definition) is 4. The first-order chi connectivity index (χ1) is 19.4. The molecule has 2 saturated heterocycles. The summed E-state index contributed by atoms with van der Waals surface area (Å²) in [6, 6.07) is 14.4. The number of carbonyl (C=O) groups is 1. The number of aromatic amines is 1. The second kappa shape index (κ2) is 9.90. The number of H-pyrrole nitrogens is 1. The minimum absolute atomic E-state index is 0.234. The number of nitrogens with zero attached hydrogens (tertiary/aromatic N) is 4. The molecule has 0 aliphatic carbocycles. The zero-order chi connectivity index (χ0) is 27.4. The molecule has 1 amide bonds. The lowest BCUT2D eigenvalue weighted by molar-refractivity contribution is 0.0935. The first-order valence-corrected chi connectivity index (χ1v) is 14.2. The van der Waals surface area contributed by atoms with Crippen molar-refractivity contribution in [2.45, 2.75) is 69.9 Å². The molecule has 2 fully saturated rings. The van der Waals surface area contributed by atoms with Gasteiger partial charge in [0.2, 0.25) is 0 Å². The summed E-state index contributed by atoms with van der Waals surface area (Å²) >= 11 is 0. The van der Waals surface area contributed by atoms with Crippen molar-refractivity contribution in [3.05, 3.63) is 82.8 Å². The van der Waals surface area contributed by atoms with E-state index in [1.165, 1.54) is 12.8 Å². The van der Waals surface area contributed by atoms with Gasteiger partial charge in [-0.3, -0.25) is 4.79 Å². The number of piperidine rings is 1. The van der Waals surface area contributed by atoms with Gasteiger partial charge >= 0.3 is 0 Å². The molecule has 0 saturated carbocycles. The van der Waals surface area contributed by atoms with Crippen LogP contribution in [-0.2, 0) is 13.0 Å². The Balaban J connectivity index is 1.18. The molecule has 3 aliphatic rings. The third-order valence-electron chi connectivity index (χ3n) is 8.88. The molecule has 0 radical (unpaired) electrons. The van der Waals surface area contributed by atoms with Gasteiger partial charge in [-0.1, -0.05) is 30.0 Å². The molecule has 4 aromatic rings. The van der Waals surface area contributed by atoms with E-state index >= 15 is 0 Å². The summed E-state index contributed by atoms with van der Waals surface area (Å²) in [5.41, 5.74) is 4.44. The largest absolute Gasteiger partial charge is 0.356 e. The van der Waals surface area contributed by atoms with Gasteiger partial charge in [-0.2, -0.15) is 0 Å². The summed E-state index contributed by atoms with van der Waals surface area (Å²) in [7, 11) is 2.24. The van der Waals surface area contributed by atoms with Gasteiger partial charge in [0.05, 0.1) is 6.54 Å². The van der Waals surface area contributed by atoms with E-state index < -0.39 is 12.2 Å². The highest BCUT2D eigenvalue weighted by Gasteiger charge is 2.37. The van der Waals surface area contributed by atoms with Crippen LogP contribution in [-0.4, -0.2) is 55.6 Å². The monoisotopic (exact) mass is 536 g/mol. The lowest BCUT2D eigenvalue weighted by atomic mass is 9.91. The highest BCUT2D eigenvalue weighted by Crippen LogP contribution is 2.37. The molecule has 0 spiro atoms. The number of benzene rings is 1. The Morgan fingerprint density at radius 1 is 1.18 bits per heavy atom. The van der Waals surface area contributed by atoms with E-state index in [1.807, 2.05) is 47.9 Å². The van der Waals surface area contributed by atoms with Crippen LogP contribution in [0.1, 0.15) is 70.7 Å². The predicted octanol–water partition coefficient (Wildman–Crippen LogP) is 4.71. The first kappa shape index (κ1) is 25.0. The van der Waals surface area contributed by atoms with Crippen molar-refractivity contribution in [1.29, 1.82) is 0 Å². The summed E-state index contributed by atoms with van der Waals surface area (Å²) in [4.78, 5) is 28.8. The smallest absolute Gasteiger partial charge is 0.270 e. The van der Waals surface area contributed by atoms with Crippen LogP contribution >= 0.6 is 0 Å². The minimum atomic E-state index is -0.949. The highest BCUT2D eigenvalue weighted by atomic mass is 19.1. The summed E-state index contributed by atoms with van der Waals surface area (Å²) in [6.07, 6.45) is 5.85. The number of hydrogen-bond donors (Lipinski definition) is 2. The second-order valence-corrected chi connectivity index (χ2v) is 11.6. The molecule has 3 aliphatic heterocycles. The van der Waals surface area contributed by atoms with Gasteiger partial charge in [-0.25, -0.2) is 14.4 Å². The van der Waals surface area contributed by atoms with Crippen LogP contribution in [0.15, 0.2) is 48.7 Å². The maximum atomic E-state index is 14.3. The van der Waals surface area contributed by atoms with Gasteiger partial charge < -0.3 is 19.8 Å². The summed E-state index contributed by atoms with van der Waals surface area (Å²) in [5.74, 6) is 7.52. The van der Waals surface area contributed by atoms with Crippen LogP contribution < -0.4 is 5.32 Å². The third kappa shape index (κ3) is 4.58. The summed E-state index contributed by atoms with van der Waals surface area (Å²) in [5, 5.41) is 4.18. The number of pyridine rings is 1. The molecule has 204 valence electrons. The van der Waals surface area contributed by atoms with Gasteiger partial charge in [0, 0.05) is 58.8 Å². The Morgan fingerprint density at radius 2 is 1.98 bits per heavy atom. The van der Waals surface area contributed by atoms with E-state index in [0.717, 1.165) is 46.4 Å². The number of para-hydroxylation sites is 1. The Labute approximate surface area is 233 Å². The molecular formula is C32H33FN6O. The Bertz CT molecular complexity index is 1610. The van der Waals surface area contributed by atoms with Crippen molar-refractivity contribution in [2.75, 3.05) is 7.05 Å². The van der Waals surface area contributed by atoms with Gasteiger partial charge in [0.1, 0.15) is 23.7 Å². The first-order valence-electron chi connectivity index (χ1n) is 14.2. The number of aryl methyl sites for hydroxylation is 1. The fourth-order valence-corrected chi connectivity index (χ4v) is 6.83. The lowest BCUT2D eigenvalue weighted by Crippen LogP contribution is -2.39. The van der Waals surface area contributed by atoms with Crippen molar-refractivity contribution in [2.24, 2.45) is 5.92 Å². The van der Waals surface area contributed by atoms with Crippen LogP contribution in [0.2, 0.25) is 0 Å². The lowest BCUT2D eigenvalue weighted by Gasteiger charge is -2.34. The van der Waals surface area contributed by atoms with Crippen LogP contribution in [0.25, 0.3) is 10.9 Å². The Hall–Kier alpha value is -3.96. The van der Waals surface area contributed by atoms with Crippen molar-refractivity contribution in [3.63, 3.8) is 0 Å². The highest BCUT2D eigenvalue weighted by molar-refractivity contribution is 5.93. The van der Waals surface area contributed by atoms with Gasteiger partial charge in [-0.15, -0.1) is 0 Å². The molecule has 2 bridgehead atoms. The number of rotatable bonds is 4. The topological polar surface area (TPSA) is 78.8 Å². The number of amides is 1. The van der Waals surface area contributed by atoms with E-state index in [9.17, 15) is 9.18 Å². The van der Waals surface area contributed by atoms with Crippen LogP contribution in [0, 0.1) is 24.7 Å². The van der Waals surface area contributed by atoms with Crippen molar-refractivity contribution in [3.8, 4) is 11.8 Å². The molecule has 2 N–H and O–H groups in total. The molecule has 7 nitrogen and oxygen atoms in total. The summed E-state index contributed by atoms with van der Waals surface area (Å²) in [6.45, 7) is 2.12. The van der Waals surface area contributed by atoms with Crippen LogP contribution in [0.3, 0.4) is 0 Å². The maximum Gasteiger partial charge on any atom is 0.270 e. The molecule has 5 atom stereocenters. The van der Waals surface area contributed by atoms with Crippen LogP contribution in [0.4, 0.5) is 4.39 Å². The standard InChI is InChI=1S/C32H33FN6O/c1-19-11-20(7-8-21-12-24-9-10-25(13-21)38(24)2)14-29(35-19)32(40)37-30(28-15-22-5-3-4-6-27(22)36-28)31-34-17-26-16-23(33)18-39(26)31/h3-6,11,14-15,17,21,23-25,30,36H,9-10,12-13,16,18H2,1-2H3,(H,37,40)/t21?,23-,24-,25+,30?/m0/s1. The SMILES string of the molecule is Cc1cc(C#CC2C[C@H]3CC[C@@H](C2)N3C)cc(C(=O)NC(c2cc3ccccc3[nH]2)c2ncc3n2C[C@@H](F)C3)n1. The molecule has 6 heterocycles. The van der Waals surface area contributed by atoms with E-state index in [-0.39, 0.29) is 12.5 Å². The third-order valence-corrected chi connectivity index (χ3v) is 8.88. The van der Waals surface area contributed by atoms with E-state index in [1.54, 1.807) is 12.3 Å². The zero-order valence-corrected chi connectivity index (χ0v) is 22.8. The minimum Gasteiger partial charge on any atom is -0.356 e. The second-order valence-electron chi connectivity index (χ2n) is 11.6. The average molecular weight is 537 g/mol. The maximum absolute atomic E-state index is 14.3. The molecule has 7 rings (SSSR count). The normalized spacial score (nSPS) is 24.5. The fraction of sp³-hybridized carbons (Fsp3) is 0.406. The van der Waals surface area contributed by atoms with E-state index in [2.05, 4.69) is 44.1 Å². The van der Waals surface area contributed by atoms with Crippen molar-refractivity contribution >= 4 is 16.8 Å². The number of nitrogens with one attached hydrogen (secondary N) is 2. The summed E-state index contributed by atoms with van der Waals surface area (Å²) < 4.78 is 16.2. The van der Waals surface area contributed by atoms with Crippen LogP contribution in [0.5, 0.6) is 0 Å². The number of carbonyl (C=O) groups excluding carboxylic acids is 1. The van der Waals surface area contributed by atoms with Gasteiger partial charge in [-0.05, 0) is 69.3 Å². The molecule has 2 unspecified atom stereocenters. The quantitative estimate of drug-likeness (QED) is 0.371. The number of halogens is 1. The number of alkyl halides is 1. The number of imidazole rings is 1. The predicted molar refractivity (Wildman–Crippen MR) is 152 cm³/mol. The zero-order valence-electron chi connectivity index (χ0n) is 22.8.